The van der Waals surface area contributed by atoms with Crippen LogP contribution in [0.15, 0.2) is 47.4 Å². The molecule has 3 rings (SSSR count). The molecule has 0 aliphatic heterocycles. The Morgan fingerprint density at radius 3 is 2.24 bits per heavy atom. The zero-order valence-corrected chi connectivity index (χ0v) is 21.7. The molecule has 2 N–H and O–H groups in total. The second kappa shape index (κ2) is 10.1. The number of hydrogen-bond acceptors (Lipinski definition) is 5. The van der Waals surface area contributed by atoms with Crippen LogP contribution < -0.4 is 10.6 Å². The standard InChI is InChI=1S/C26H29F4N3O3S/c1-16-13-17(9-10-21(16)37(4,35)36)18-7-5-6-8-19(18)22(26(28,29)30)32-20(14-24(2,3)27)23(34)33-25(15-31)11-12-25/h5-10,13,20,22,32H,11-12,14H2,1-4H3,(H,33,34)/t20-,22-/m0/s1. The number of carbonyl (C=O) groups excluding carboxylic acids is 1. The van der Waals surface area contributed by atoms with E-state index in [0.29, 0.717) is 24.0 Å². The van der Waals surface area contributed by atoms with Gasteiger partial charge >= 0.3 is 6.18 Å². The lowest BCUT2D eigenvalue weighted by Crippen LogP contribution is -2.53. The number of nitriles is 1. The zero-order valence-electron chi connectivity index (χ0n) is 20.9. The molecule has 0 bridgehead atoms. The van der Waals surface area contributed by atoms with Crippen LogP contribution in [0, 0.1) is 18.3 Å². The van der Waals surface area contributed by atoms with Gasteiger partial charge in [0, 0.05) is 12.7 Å². The molecule has 11 heteroatoms. The first-order valence-electron chi connectivity index (χ1n) is 11.6. The number of carbonyl (C=O) groups is 1. The minimum absolute atomic E-state index is 0.0626. The number of hydrogen-bond donors (Lipinski definition) is 2. The number of aryl methyl sites for hydroxylation is 1. The van der Waals surface area contributed by atoms with E-state index < -0.39 is 51.6 Å². The lowest BCUT2D eigenvalue weighted by Gasteiger charge is -2.31. The molecule has 200 valence electrons. The fraction of sp³-hybridized carbons (Fsp3) is 0.462. The molecule has 1 amide bonds. The van der Waals surface area contributed by atoms with Crippen molar-refractivity contribution in [2.45, 2.75) is 74.4 Å². The van der Waals surface area contributed by atoms with E-state index in [9.17, 15) is 36.0 Å². The smallest absolute Gasteiger partial charge is 0.336 e. The van der Waals surface area contributed by atoms with Gasteiger partial charge in [-0.1, -0.05) is 36.4 Å². The summed E-state index contributed by atoms with van der Waals surface area (Å²) >= 11 is 0. The van der Waals surface area contributed by atoms with Gasteiger partial charge in [0.1, 0.15) is 17.2 Å². The maximum atomic E-state index is 14.6. The van der Waals surface area contributed by atoms with Crippen LogP contribution in [0.5, 0.6) is 0 Å². The van der Waals surface area contributed by atoms with Gasteiger partial charge in [0.05, 0.1) is 17.0 Å². The van der Waals surface area contributed by atoms with Crippen LogP contribution in [0.2, 0.25) is 0 Å². The normalized spacial score (nSPS) is 16.9. The van der Waals surface area contributed by atoms with Crippen molar-refractivity contribution >= 4 is 15.7 Å². The molecule has 0 radical (unpaired) electrons. The molecule has 1 fully saturated rings. The van der Waals surface area contributed by atoms with E-state index in [2.05, 4.69) is 10.6 Å². The molecule has 37 heavy (non-hydrogen) atoms. The summed E-state index contributed by atoms with van der Waals surface area (Å²) < 4.78 is 81.9. The molecule has 0 aromatic heterocycles. The lowest BCUT2D eigenvalue weighted by atomic mass is 9.92. The predicted molar refractivity (Wildman–Crippen MR) is 131 cm³/mol. The topological polar surface area (TPSA) is 99.1 Å². The first kappa shape index (κ1) is 28.6. The average molecular weight is 540 g/mol. The number of halogens is 4. The molecular formula is C26H29F4N3O3S. The Hall–Kier alpha value is -2.97. The van der Waals surface area contributed by atoms with Gasteiger partial charge in [0.15, 0.2) is 9.84 Å². The summed E-state index contributed by atoms with van der Waals surface area (Å²) in [6, 6.07) is 7.95. The summed E-state index contributed by atoms with van der Waals surface area (Å²) in [6.07, 6.45) is -3.65. The number of nitrogens with zero attached hydrogens (tertiary/aromatic N) is 1. The van der Waals surface area contributed by atoms with Gasteiger partial charge in [0.2, 0.25) is 5.91 Å². The van der Waals surface area contributed by atoms with E-state index in [4.69, 9.17) is 0 Å². The van der Waals surface area contributed by atoms with Gasteiger partial charge < -0.3 is 5.32 Å². The van der Waals surface area contributed by atoms with Crippen LogP contribution >= 0.6 is 0 Å². The molecule has 0 unspecified atom stereocenters. The maximum Gasteiger partial charge on any atom is 0.407 e. The predicted octanol–water partition coefficient (Wildman–Crippen LogP) is 4.94. The lowest BCUT2D eigenvalue weighted by molar-refractivity contribution is -0.161. The van der Waals surface area contributed by atoms with E-state index >= 15 is 0 Å². The fourth-order valence-corrected chi connectivity index (χ4v) is 5.19. The second-order valence-corrected chi connectivity index (χ2v) is 12.1. The Labute approximate surface area is 214 Å². The molecule has 1 saturated carbocycles. The van der Waals surface area contributed by atoms with E-state index in [1.54, 1.807) is 13.0 Å². The third kappa shape index (κ3) is 7.08. The van der Waals surface area contributed by atoms with Crippen LogP contribution in [-0.2, 0) is 14.6 Å². The highest BCUT2D eigenvalue weighted by atomic mass is 32.2. The minimum Gasteiger partial charge on any atom is -0.336 e. The first-order valence-corrected chi connectivity index (χ1v) is 13.5. The summed E-state index contributed by atoms with van der Waals surface area (Å²) in [4.78, 5) is 13.0. The van der Waals surface area contributed by atoms with Crippen molar-refractivity contribution in [3.05, 3.63) is 53.6 Å². The van der Waals surface area contributed by atoms with Crippen molar-refractivity contribution in [2.75, 3.05) is 6.26 Å². The summed E-state index contributed by atoms with van der Waals surface area (Å²) in [5.74, 6) is -0.884. The SMILES string of the molecule is Cc1cc(-c2ccccc2[C@H](N[C@@H](CC(C)(C)F)C(=O)NC2(C#N)CC2)C(F)(F)F)ccc1S(C)(=O)=O. The van der Waals surface area contributed by atoms with Crippen molar-refractivity contribution in [3.8, 4) is 17.2 Å². The third-order valence-electron chi connectivity index (χ3n) is 6.18. The largest absolute Gasteiger partial charge is 0.407 e. The molecule has 1 aliphatic rings. The average Bonchev–Trinajstić information content (AvgIpc) is 3.54. The van der Waals surface area contributed by atoms with Crippen molar-refractivity contribution < 1.29 is 30.8 Å². The number of nitrogens with one attached hydrogen (secondary N) is 2. The summed E-state index contributed by atoms with van der Waals surface area (Å²) in [7, 11) is -3.53. The molecule has 0 saturated heterocycles. The number of benzene rings is 2. The fourth-order valence-electron chi connectivity index (χ4n) is 4.23. The van der Waals surface area contributed by atoms with Crippen molar-refractivity contribution in [1.82, 2.24) is 10.6 Å². The van der Waals surface area contributed by atoms with Crippen LogP contribution in [0.4, 0.5) is 17.6 Å². The first-order chi connectivity index (χ1) is 17.0. The highest BCUT2D eigenvalue weighted by molar-refractivity contribution is 7.90. The van der Waals surface area contributed by atoms with Crippen LogP contribution in [0.25, 0.3) is 11.1 Å². The highest BCUT2D eigenvalue weighted by Gasteiger charge is 2.48. The quantitative estimate of drug-likeness (QED) is 0.440. The second-order valence-electron chi connectivity index (χ2n) is 10.1. The summed E-state index contributed by atoms with van der Waals surface area (Å²) in [5.41, 5.74) is -2.43. The molecule has 6 nitrogen and oxygen atoms in total. The number of sulfone groups is 1. The molecular weight excluding hydrogens is 510 g/mol. The van der Waals surface area contributed by atoms with Crippen LogP contribution in [0.1, 0.15) is 50.3 Å². The minimum atomic E-state index is -4.87. The van der Waals surface area contributed by atoms with Gasteiger partial charge in [-0.25, -0.2) is 12.8 Å². The monoisotopic (exact) mass is 539 g/mol. The third-order valence-corrected chi connectivity index (χ3v) is 7.44. The number of amides is 1. The Morgan fingerprint density at radius 2 is 1.76 bits per heavy atom. The van der Waals surface area contributed by atoms with E-state index in [0.717, 1.165) is 20.1 Å². The highest BCUT2D eigenvalue weighted by Crippen LogP contribution is 2.40. The van der Waals surface area contributed by atoms with Gasteiger partial charge in [-0.2, -0.15) is 18.4 Å². The molecule has 2 aromatic carbocycles. The van der Waals surface area contributed by atoms with Crippen molar-refractivity contribution in [1.29, 1.82) is 5.26 Å². The number of alkyl halides is 4. The van der Waals surface area contributed by atoms with Crippen LogP contribution in [-0.4, -0.2) is 44.0 Å². The summed E-state index contributed by atoms with van der Waals surface area (Å²) in [6.45, 7) is 3.87. The van der Waals surface area contributed by atoms with Crippen molar-refractivity contribution in [2.24, 2.45) is 0 Å². The Bertz CT molecular complexity index is 1320. The van der Waals surface area contributed by atoms with E-state index in [-0.39, 0.29) is 16.0 Å². The molecule has 2 aromatic rings. The van der Waals surface area contributed by atoms with E-state index in [1.165, 1.54) is 36.4 Å². The summed E-state index contributed by atoms with van der Waals surface area (Å²) in [5, 5.41) is 14.1. The number of rotatable bonds is 9. The Morgan fingerprint density at radius 1 is 1.14 bits per heavy atom. The molecule has 0 spiro atoms. The van der Waals surface area contributed by atoms with Gasteiger partial charge in [-0.15, -0.1) is 0 Å². The zero-order chi connectivity index (χ0) is 27.8. The van der Waals surface area contributed by atoms with Gasteiger partial charge in [-0.05, 0) is 61.9 Å². The Balaban J connectivity index is 2.05. The molecule has 1 aliphatic carbocycles. The van der Waals surface area contributed by atoms with Crippen LogP contribution in [0.3, 0.4) is 0 Å². The van der Waals surface area contributed by atoms with Crippen molar-refractivity contribution in [3.63, 3.8) is 0 Å². The van der Waals surface area contributed by atoms with Gasteiger partial charge in [-0.3, -0.25) is 10.1 Å². The molecule has 0 heterocycles. The van der Waals surface area contributed by atoms with Gasteiger partial charge in [0.25, 0.3) is 0 Å². The Kier molecular flexibility index (Phi) is 7.78. The maximum absolute atomic E-state index is 14.6. The van der Waals surface area contributed by atoms with E-state index in [1.807, 2.05) is 6.07 Å². The molecule has 2 atom stereocenters.